The summed E-state index contributed by atoms with van der Waals surface area (Å²) >= 11 is 1.13. The first-order valence-corrected chi connectivity index (χ1v) is 7.55. The highest BCUT2D eigenvalue weighted by atomic mass is 32.2. The lowest BCUT2D eigenvalue weighted by molar-refractivity contribution is -0.121. The van der Waals surface area contributed by atoms with Gasteiger partial charge in [-0.05, 0) is 67.1 Å². The van der Waals surface area contributed by atoms with E-state index in [0.29, 0.717) is 5.92 Å². The summed E-state index contributed by atoms with van der Waals surface area (Å²) in [7, 11) is 0. The van der Waals surface area contributed by atoms with Crippen molar-refractivity contribution in [3.63, 3.8) is 0 Å². The molecule has 0 spiro atoms. The monoisotopic (exact) mass is 272 g/mol. The van der Waals surface area contributed by atoms with Crippen molar-refractivity contribution >= 4 is 23.4 Å². The predicted octanol–water partition coefficient (Wildman–Crippen LogP) is 3.63. The van der Waals surface area contributed by atoms with Crippen LogP contribution in [0.3, 0.4) is 0 Å². The van der Waals surface area contributed by atoms with Crippen LogP contribution in [-0.2, 0) is 4.79 Å². The summed E-state index contributed by atoms with van der Waals surface area (Å²) < 4.78 is 0. The molecule has 3 nitrogen and oxygen atoms in total. The molecule has 3 atom stereocenters. The van der Waals surface area contributed by atoms with Gasteiger partial charge >= 0.3 is 0 Å². The van der Waals surface area contributed by atoms with Gasteiger partial charge in [-0.1, -0.05) is 6.42 Å². The SMILES string of the molecule is N#CSc1ccc(NC(=O)C2CC3CCC2C3)cc1. The van der Waals surface area contributed by atoms with Gasteiger partial charge in [0.05, 0.1) is 0 Å². The summed E-state index contributed by atoms with van der Waals surface area (Å²) in [6, 6.07) is 7.46. The van der Waals surface area contributed by atoms with E-state index < -0.39 is 0 Å². The Morgan fingerprint density at radius 2 is 2.05 bits per heavy atom. The first kappa shape index (κ1) is 12.6. The van der Waals surface area contributed by atoms with Crippen molar-refractivity contribution in [1.82, 2.24) is 0 Å². The molecule has 1 amide bonds. The van der Waals surface area contributed by atoms with Gasteiger partial charge in [0.15, 0.2) is 0 Å². The maximum atomic E-state index is 12.2. The van der Waals surface area contributed by atoms with E-state index in [-0.39, 0.29) is 11.8 Å². The van der Waals surface area contributed by atoms with E-state index in [1.807, 2.05) is 29.7 Å². The number of hydrogen-bond acceptors (Lipinski definition) is 3. The Morgan fingerprint density at radius 3 is 2.63 bits per heavy atom. The third kappa shape index (κ3) is 2.62. The van der Waals surface area contributed by atoms with Gasteiger partial charge in [-0.25, -0.2) is 0 Å². The van der Waals surface area contributed by atoms with Crippen LogP contribution < -0.4 is 5.32 Å². The lowest BCUT2D eigenvalue weighted by Gasteiger charge is -2.20. The van der Waals surface area contributed by atoms with Crippen LogP contribution in [-0.4, -0.2) is 5.91 Å². The summed E-state index contributed by atoms with van der Waals surface area (Å²) in [4.78, 5) is 13.1. The van der Waals surface area contributed by atoms with Crippen molar-refractivity contribution in [1.29, 1.82) is 5.26 Å². The summed E-state index contributed by atoms with van der Waals surface area (Å²) in [5.41, 5.74) is 0.829. The van der Waals surface area contributed by atoms with E-state index in [1.165, 1.54) is 19.3 Å². The highest BCUT2D eigenvalue weighted by Crippen LogP contribution is 2.48. The van der Waals surface area contributed by atoms with Gasteiger partial charge in [-0.15, -0.1) is 0 Å². The smallest absolute Gasteiger partial charge is 0.227 e. The molecular formula is C15H16N2OS. The van der Waals surface area contributed by atoms with Crippen LogP contribution in [0, 0.1) is 28.4 Å². The standard InChI is InChI=1S/C15H16N2OS/c16-9-19-13-5-3-12(4-6-13)17-15(18)14-8-10-1-2-11(14)7-10/h3-6,10-11,14H,1-2,7-8H2,(H,17,18). The average Bonchev–Trinajstić information content (AvgIpc) is 3.04. The second-order valence-corrected chi connectivity index (χ2v) is 6.35. The molecule has 0 aliphatic heterocycles. The van der Waals surface area contributed by atoms with Gasteiger partial charge in [0.1, 0.15) is 5.40 Å². The Labute approximate surface area is 117 Å². The molecule has 0 saturated heterocycles. The first-order valence-electron chi connectivity index (χ1n) is 6.73. The van der Waals surface area contributed by atoms with Gasteiger partial charge in [-0.2, -0.15) is 5.26 Å². The highest BCUT2D eigenvalue weighted by molar-refractivity contribution is 8.03. The molecule has 2 fully saturated rings. The predicted molar refractivity (Wildman–Crippen MR) is 75.5 cm³/mol. The van der Waals surface area contributed by atoms with Crippen molar-refractivity contribution in [3.05, 3.63) is 24.3 Å². The van der Waals surface area contributed by atoms with Crippen LogP contribution in [0.2, 0.25) is 0 Å². The number of hydrogen-bond donors (Lipinski definition) is 1. The number of thiocyanates is 1. The fraction of sp³-hybridized carbons (Fsp3) is 0.467. The number of amides is 1. The number of rotatable bonds is 3. The third-order valence-electron chi connectivity index (χ3n) is 4.36. The minimum atomic E-state index is 0.174. The minimum Gasteiger partial charge on any atom is -0.326 e. The number of carbonyl (C=O) groups is 1. The number of thioether (sulfide) groups is 1. The highest BCUT2D eigenvalue weighted by Gasteiger charge is 2.42. The Bertz CT molecular complexity index is 520. The Balaban J connectivity index is 1.62. The zero-order valence-corrected chi connectivity index (χ0v) is 11.5. The molecule has 1 aromatic carbocycles. The van der Waals surface area contributed by atoms with Crippen LogP contribution in [0.5, 0.6) is 0 Å². The van der Waals surface area contributed by atoms with Crippen LogP contribution in [0.15, 0.2) is 29.2 Å². The minimum absolute atomic E-state index is 0.174. The molecule has 1 N–H and O–H groups in total. The van der Waals surface area contributed by atoms with Gasteiger partial charge in [0.25, 0.3) is 0 Å². The molecule has 4 heteroatoms. The van der Waals surface area contributed by atoms with Crippen molar-refractivity contribution in [2.24, 2.45) is 17.8 Å². The van der Waals surface area contributed by atoms with Gasteiger partial charge < -0.3 is 5.32 Å². The second kappa shape index (κ2) is 5.26. The fourth-order valence-electron chi connectivity index (χ4n) is 3.46. The third-order valence-corrected chi connectivity index (χ3v) is 4.96. The largest absolute Gasteiger partial charge is 0.326 e. The number of nitrogens with one attached hydrogen (secondary N) is 1. The van der Waals surface area contributed by atoms with E-state index in [1.54, 1.807) is 0 Å². The molecule has 2 aliphatic carbocycles. The molecule has 2 saturated carbocycles. The number of nitriles is 1. The number of nitrogens with zero attached hydrogens (tertiary/aromatic N) is 1. The molecule has 3 unspecified atom stereocenters. The molecule has 2 aliphatic rings. The number of carbonyl (C=O) groups excluding carboxylic acids is 1. The van der Waals surface area contributed by atoms with Crippen LogP contribution in [0.1, 0.15) is 25.7 Å². The van der Waals surface area contributed by atoms with E-state index in [4.69, 9.17) is 5.26 Å². The van der Waals surface area contributed by atoms with Gasteiger partial charge in [-0.3, -0.25) is 4.79 Å². The summed E-state index contributed by atoms with van der Waals surface area (Å²) in [6.45, 7) is 0. The van der Waals surface area contributed by atoms with E-state index in [0.717, 1.165) is 34.7 Å². The number of benzene rings is 1. The van der Waals surface area contributed by atoms with Crippen molar-refractivity contribution in [2.45, 2.75) is 30.6 Å². The van der Waals surface area contributed by atoms with E-state index >= 15 is 0 Å². The van der Waals surface area contributed by atoms with Crippen molar-refractivity contribution < 1.29 is 4.79 Å². The summed E-state index contributed by atoms with van der Waals surface area (Å²) in [5, 5.41) is 13.6. The second-order valence-electron chi connectivity index (χ2n) is 5.49. The summed E-state index contributed by atoms with van der Waals surface area (Å²) in [5.74, 6) is 1.79. The van der Waals surface area contributed by atoms with Crippen molar-refractivity contribution in [3.8, 4) is 5.40 Å². The Morgan fingerprint density at radius 1 is 1.26 bits per heavy atom. The number of anilines is 1. The normalized spacial score (nSPS) is 28.1. The molecule has 1 aromatic rings. The van der Waals surface area contributed by atoms with Crippen molar-refractivity contribution in [2.75, 3.05) is 5.32 Å². The zero-order valence-electron chi connectivity index (χ0n) is 10.6. The first-order chi connectivity index (χ1) is 9.26. The number of fused-ring (bicyclic) bond motifs is 2. The lowest BCUT2D eigenvalue weighted by Crippen LogP contribution is -2.27. The van der Waals surface area contributed by atoms with E-state index in [9.17, 15) is 4.79 Å². The fourth-order valence-corrected chi connectivity index (χ4v) is 3.84. The maximum Gasteiger partial charge on any atom is 0.227 e. The molecule has 2 bridgehead atoms. The molecular weight excluding hydrogens is 256 g/mol. The molecule has 0 aromatic heterocycles. The molecule has 0 radical (unpaired) electrons. The van der Waals surface area contributed by atoms with Gasteiger partial charge in [0.2, 0.25) is 5.91 Å². The van der Waals surface area contributed by atoms with Gasteiger partial charge in [0, 0.05) is 16.5 Å². The zero-order chi connectivity index (χ0) is 13.2. The Hall–Kier alpha value is -1.47. The van der Waals surface area contributed by atoms with Crippen LogP contribution in [0.4, 0.5) is 5.69 Å². The summed E-state index contributed by atoms with van der Waals surface area (Å²) in [6.07, 6.45) is 4.85. The topological polar surface area (TPSA) is 52.9 Å². The molecule has 0 heterocycles. The lowest BCUT2D eigenvalue weighted by atomic mass is 9.88. The quantitative estimate of drug-likeness (QED) is 0.675. The van der Waals surface area contributed by atoms with Crippen LogP contribution >= 0.6 is 11.8 Å². The molecule has 98 valence electrons. The van der Waals surface area contributed by atoms with Crippen LogP contribution in [0.25, 0.3) is 0 Å². The Kier molecular flexibility index (Phi) is 3.48. The maximum absolute atomic E-state index is 12.2. The molecule has 19 heavy (non-hydrogen) atoms. The van der Waals surface area contributed by atoms with E-state index in [2.05, 4.69) is 5.32 Å². The molecule has 3 rings (SSSR count). The average molecular weight is 272 g/mol.